The van der Waals surface area contributed by atoms with Crippen molar-refractivity contribution in [3.05, 3.63) is 91.0 Å². The number of rotatable bonds is 6. The molecule has 0 saturated heterocycles. The van der Waals surface area contributed by atoms with Crippen LogP contribution in [0.1, 0.15) is 0 Å². The van der Waals surface area contributed by atoms with Gasteiger partial charge in [0.25, 0.3) is 0 Å². The molecule has 0 bridgehead atoms. The van der Waals surface area contributed by atoms with Crippen LogP contribution in [0.2, 0.25) is 0 Å². The van der Waals surface area contributed by atoms with Crippen molar-refractivity contribution < 1.29 is 14.2 Å². The first-order valence-corrected chi connectivity index (χ1v) is 9.29. The molecule has 0 radical (unpaired) electrons. The molecule has 4 aromatic rings. The van der Waals surface area contributed by atoms with Crippen LogP contribution in [0.4, 0.5) is 17.1 Å². The molecule has 6 nitrogen and oxygen atoms in total. The molecule has 4 rings (SSSR count). The summed E-state index contributed by atoms with van der Waals surface area (Å²) in [4.78, 5) is 0. The quantitative estimate of drug-likeness (QED) is 0.353. The molecule has 150 valence electrons. The van der Waals surface area contributed by atoms with Gasteiger partial charge in [0.05, 0.1) is 0 Å². The van der Waals surface area contributed by atoms with Crippen molar-refractivity contribution in [1.82, 2.24) is 0 Å². The van der Waals surface area contributed by atoms with Crippen LogP contribution in [-0.2, 0) is 0 Å². The second kappa shape index (κ2) is 8.36. The second-order valence-electron chi connectivity index (χ2n) is 6.66. The van der Waals surface area contributed by atoms with E-state index in [0.717, 1.165) is 0 Å². The molecule has 6 heteroatoms. The average Bonchev–Trinajstić information content (AvgIpc) is 2.68. The van der Waals surface area contributed by atoms with Gasteiger partial charge in [-0.2, -0.15) is 0 Å². The predicted molar refractivity (Wildman–Crippen MR) is 119 cm³/mol. The third-order valence-corrected chi connectivity index (χ3v) is 4.13. The van der Waals surface area contributed by atoms with E-state index >= 15 is 0 Å². The summed E-state index contributed by atoms with van der Waals surface area (Å²) in [6.07, 6.45) is 0. The highest BCUT2D eigenvalue weighted by atomic mass is 16.5. The van der Waals surface area contributed by atoms with Crippen LogP contribution >= 0.6 is 0 Å². The zero-order chi connectivity index (χ0) is 20.9. The molecule has 0 aromatic heterocycles. The van der Waals surface area contributed by atoms with Crippen LogP contribution in [0, 0.1) is 0 Å². The molecule has 0 spiro atoms. The Kier molecular flexibility index (Phi) is 5.30. The third-order valence-electron chi connectivity index (χ3n) is 4.13. The topological polar surface area (TPSA) is 106 Å². The highest BCUT2D eigenvalue weighted by Gasteiger charge is 2.09. The Hall–Kier alpha value is -4.32. The highest BCUT2D eigenvalue weighted by molar-refractivity contribution is 5.51. The van der Waals surface area contributed by atoms with Gasteiger partial charge in [0, 0.05) is 53.5 Å². The molecule has 0 fully saturated rings. The maximum Gasteiger partial charge on any atom is 0.134 e. The van der Waals surface area contributed by atoms with Gasteiger partial charge in [-0.25, -0.2) is 0 Å². The van der Waals surface area contributed by atoms with E-state index in [-0.39, 0.29) is 0 Å². The van der Waals surface area contributed by atoms with Crippen LogP contribution in [0.5, 0.6) is 34.5 Å². The lowest BCUT2D eigenvalue weighted by Gasteiger charge is -2.13. The normalized spacial score (nSPS) is 10.4. The van der Waals surface area contributed by atoms with E-state index in [2.05, 4.69) is 0 Å². The summed E-state index contributed by atoms with van der Waals surface area (Å²) in [5, 5.41) is 0. The molecule has 0 aliphatic heterocycles. The number of hydrogen-bond donors (Lipinski definition) is 3. The van der Waals surface area contributed by atoms with Crippen LogP contribution in [0.25, 0.3) is 0 Å². The number of nitrogens with two attached hydrogens (primary N) is 3. The largest absolute Gasteiger partial charge is 0.457 e. The number of hydrogen-bond acceptors (Lipinski definition) is 6. The highest BCUT2D eigenvalue weighted by Crippen LogP contribution is 2.36. The maximum atomic E-state index is 5.97. The molecule has 0 amide bonds. The van der Waals surface area contributed by atoms with Gasteiger partial charge in [-0.1, -0.05) is 18.2 Å². The molecule has 0 saturated carbocycles. The van der Waals surface area contributed by atoms with Crippen LogP contribution < -0.4 is 31.4 Å². The zero-order valence-electron chi connectivity index (χ0n) is 16.1. The summed E-state index contributed by atoms with van der Waals surface area (Å²) in [5.41, 5.74) is 19.4. The first kappa shape index (κ1) is 19.0. The zero-order valence-corrected chi connectivity index (χ0v) is 16.1. The lowest BCUT2D eigenvalue weighted by molar-refractivity contribution is 0.440. The molecule has 0 heterocycles. The van der Waals surface area contributed by atoms with Crippen molar-refractivity contribution in [3.8, 4) is 34.5 Å². The van der Waals surface area contributed by atoms with Gasteiger partial charge in [-0.15, -0.1) is 0 Å². The van der Waals surface area contributed by atoms with Crippen molar-refractivity contribution >= 4 is 17.1 Å². The summed E-state index contributed by atoms with van der Waals surface area (Å²) < 4.78 is 17.9. The second-order valence-corrected chi connectivity index (χ2v) is 6.66. The van der Waals surface area contributed by atoms with E-state index in [1.807, 2.05) is 36.4 Å². The van der Waals surface area contributed by atoms with Crippen molar-refractivity contribution in [2.45, 2.75) is 0 Å². The number of nitrogen functional groups attached to an aromatic ring is 3. The standard InChI is InChI=1S/C24H21N3O3/c25-16-4-1-7-19(10-16)28-22-13-23(29-20-8-2-5-17(26)11-20)15-24(14-22)30-21-9-3-6-18(27)12-21/h1-15H,25-27H2. The predicted octanol–water partition coefficient (Wildman–Crippen LogP) is 5.81. The Morgan fingerprint density at radius 2 is 0.667 bits per heavy atom. The molecule has 30 heavy (non-hydrogen) atoms. The minimum absolute atomic E-state index is 0.529. The molecule has 0 aliphatic carbocycles. The molecular formula is C24H21N3O3. The fraction of sp³-hybridized carbons (Fsp3) is 0. The summed E-state index contributed by atoms with van der Waals surface area (Å²) in [6, 6.07) is 26.8. The molecule has 0 aliphatic rings. The Morgan fingerprint density at radius 1 is 0.367 bits per heavy atom. The number of benzene rings is 4. The monoisotopic (exact) mass is 399 g/mol. The summed E-state index contributed by atoms with van der Waals surface area (Å²) in [7, 11) is 0. The maximum absolute atomic E-state index is 5.97. The van der Waals surface area contributed by atoms with Crippen LogP contribution in [0.3, 0.4) is 0 Å². The van der Waals surface area contributed by atoms with Crippen molar-refractivity contribution in [2.24, 2.45) is 0 Å². The molecule has 0 unspecified atom stereocenters. The number of ether oxygens (including phenoxy) is 3. The Labute approximate surface area is 174 Å². The lowest BCUT2D eigenvalue weighted by Crippen LogP contribution is -1.93. The average molecular weight is 399 g/mol. The van der Waals surface area contributed by atoms with E-state index in [1.165, 1.54) is 0 Å². The molecule has 4 aromatic carbocycles. The minimum atomic E-state index is 0.529. The Balaban J connectivity index is 1.67. The fourth-order valence-corrected chi connectivity index (χ4v) is 2.86. The first-order valence-electron chi connectivity index (χ1n) is 9.29. The van der Waals surface area contributed by atoms with E-state index in [0.29, 0.717) is 51.6 Å². The van der Waals surface area contributed by atoms with Crippen LogP contribution in [-0.4, -0.2) is 0 Å². The minimum Gasteiger partial charge on any atom is -0.457 e. The van der Waals surface area contributed by atoms with Gasteiger partial charge in [-0.05, 0) is 36.4 Å². The Morgan fingerprint density at radius 3 is 0.933 bits per heavy atom. The summed E-state index contributed by atoms with van der Waals surface area (Å²) >= 11 is 0. The van der Waals surface area contributed by atoms with E-state index in [1.54, 1.807) is 54.6 Å². The van der Waals surface area contributed by atoms with Gasteiger partial charge in [-0.3, -0.25) is 0 Å². The van der Waals surface area contributed by atoms with Gasteiger partial charge < -0.3 is 31.4 Å². The Bertz CT molecular complexity index is 1020. The lowest BCUT2D eigenvalue weighted by atomic mass is 10.2. The van der Waals surface area contributed by atoms with E-state index in [4.69, 9.17) is 31.4 Å². The van der Waals surface area contributed by atoms with Crippen molar-refractivity contribution in [1.29, 1.82) is 0 Å². The van der Waals surface area contributed by atoms with Gasteiger partial charge in [0.15, 0.2) is 0 Å². The van der Waals surface area contributed by atoms with Crippen molar-refractivity contribution in [3.63, 3.8) is 0 Å². The SMILES string of the molecule is Nc1cccc(Oc2cc(Oc3cccc(N)c3)cc(Oc3cccc(N)c3)c2)c1. The van der Waals surface area contributed by atoms with E-state index < -0.39 is 0 Å². The smallest absolute Gasteiger partial charge is 0.134 e. The van der Waals surface area contributed by atoms with Crippen molar-refractivity contribution in [2.75, 3.05) is 17.2 Å². The van der Waals surface area contributed by atoms with Gasteiger partial charge in [0.2, 0.25) is 0 Å². The van der Waals surface area contributed by atoms with Gasteiger partial charge in [0.1, 0.15) is 34.5 Å². The van der Waals surface area contributed by atoms with Gasteiger partial charge >= 0.3 is 0 Å². The van der Waals surface area contributed by atoms with E-state index in [9.17, 15) is 0 Å². The fourth-order valence-electron chi connectivity index (χ4n) is 2.86. The molecule has 0 atom stereocenters. The first-order chi connectivity index (χ1) is 14.5. The summed E-state index contributed by atoms with van der Waals surface area (Å²) in [6.45, 7) is 0. The third kappa shape index (κ3) is 4.94. The molecular weight excluding hydrogens is 378 g/mol. The summed E-state index contributed by atoms with van der Waals surface area (Å²) in [5.74, 6) is 3.39. The number of anilines is 3. The van der Waals surface area contributed by atoms with Crippen LogP contribution in [0.15, 0.2) is 91.0 Å². The molecule has 6 N–H and O–H groups in total.